The van der Waals surface area contributed by atoms with Gasteiger partial charge in [0.2, 0.25) is 5.91 Å². The largest absolute Gasteiger partial charge is 0.350 e. The Morgan fingerprint density at radius 2 is 2.00 bits per heavy atom. The molecule has 0 aliphatic carbocycles. The lowest BCUT2D eigenvalue weighted by molar-refractivity contribution is -0.133. The number of aromatic nitrogens is 3. The molecule has 1 aliphatic heterocycles. The maximum Gasteiger partial charge on any atom is 0.350 e. The number of benzene rings is 1. The fraction of sp³-hybridized carbons (Fsp3) is 0.526. The third kappa shape index (κ3) is 3.67. The SMILES string of the molecule is CC(C)CC(=O)N1CCCC(c2nn(C)c(=O)n2-c2ccccc2)C1. The zero-order valence-corrected chi connectivity index (χ0v) is 15.2. The molecule has 0 saturated carbocycles. The lowest BCUT2D eigenvalue weighted by atomic mass is 9.96. The minimum absolute atomic E-state index is 0.0824. The van der Waals surface area contributed by atoms with Crippen LogP contribution in [0.2, 0.25) is 0 Å². The molecule has 134 valence electrons. The fourth-order valence-electron chi connectivity index (χ4n) is 3.46. The van der Waals surface area contributed by atoms with Gasteiger partial charge in [0, 0.05) is 32.5 Å². The van der Waals surface area contributed by atoms with E-state index in [0.717, 1.165) is 30.9 Å². The molecule has 1 aromatic heterocycles. The maximum atomic E-state index is 12.6. The van der Waals surface area contributed by atoms with Crippen molar-refractivity contribution in [2.45, 2.75) is 39.0 Å². The van der Waals surface area contributed by atoms with Crippen LogP contribution in [0.5, 0.6) is 0 Å². The van der Waals surface area contributed by atoms with Gasteiger partial charge in [-0.1, -0.05) is 32.0 Å². The summed E-state index contributed by atoms with van der Waals surface area (Å²) in [6, 6.07) is 9.58. The Bertz CT molecular complexity index is 792. The molecule has 1 unspecified atom stereocenters. The van der Waals surface area contributed by atoms with Crippen molar-refractivity contribution in [2.24, 2.45) is 13.0 Å². The van der Waals surface area contributed by atoms with Crippen LogP contribution >= 0.6 is 0 Å². The summed E-state index contributed by atoms with van der Waals surface area (Å²) >= 11 is 0. The lowest BCUT2D eigenvalue weighted by Crippen LogP contribution is -2.40. The Labute approximate surface area is 148 Å². The first-order chi connectivity index (χ1) is 12.0. The van der Waals surface area contributed by atoms with Crippen LogP contribution in [0.3, 0.4) is 0 Å². The van der Waals surface area contributed by atoms with Crippen LogP contribution in [0.4, 0.5) is 0 Å². The standard InChI is InChI=1S/C19H26N4O2/c1-14(2)12-17(24)22-11-7-8-15(13-22)18-20-21(3)19(25)23(18)16-9-5-4-6-10-16/h4-6,9-10,14-15H,7-8,11-13H2,1-3H3. The molecule has 2 heterocycles. The van der Waals surface area contributed by atoms with Crippen LogP contribution in [0, 0.1) is 5.92 Å². The molecule has 0 bridgehead atoms. The number of para-hydroxylation sites is 1. The topological polar surface area (TPSA) is 60.1 Å². The van der Waals surface area contributed by atoms with Crippen LogP contribution in [0.15, 0.2) is 35.1 Å². The Balaban J connectivity index is 1.90. The van der Waals surface area contributed by atoms with E-state index in [9.17, 15) is 9.59 Å². The number of nitrogens with zero attached hydrogens (tertiary/aromatic N) is 4. The van der Waals surface area contributed by atoms with Crippen LogP contribution in [0.25, 0.3) is 5.69 Å². The highest BCUT2D eigenvalue weighted by atomic mass is 16.2. The van der Waals surface area contributed by atoms with E-state index in [4.69, 9.17) is 0 Å². The van der Waals surface area contributed by atoms with E-state index in [1.807, 2.05) is 35.2 Å². The molecule has 0 spiro atoms. The molecule has 1 aliphatic rings. The molecule has 0 radical (unpaired) electrons. The third-order valence-corrected chi connectivity index (χ3v) is 4.69. The van der Waals surface area contributed by atoms with Crippen molar-refractivity contribution in [3.63, 3.8) is 0 Å². The molecule has 0 N–H and O–H groups in total. The minimum Gasteiger partial charge on any atom is -0.342 e. The molecule has 2 aromatic rings. The van der Waals surface area contributed by atoms with Crippen molar-refractivity contribution in [1.82, 2.24) is 19.2 Å². The summed E-state index contributed by atoms with van der Waals surface area (Å²) in [6.07, 6.45) is 2.45. The second kappa shape index (κ2) is 7.25. The molecule has 1 amide bonds. The van der Waals surface area contributed by atoms with Gasteiger partial charge in [0.05, 0.1) is 5.69 Å². The van der Waals surface area contributed by atoms with Crippen LogP contribution in [-0.2, 0) is 11.8 Å². The third-order valence-electron chi connectivity index (χ3n) is 4.69. The average Bonchev–Trinajstić information content (AvgIpc) is 2.90. The van der Waals surface area contributed by atoms with Crippen molar-refractivity contribution in [3.05, 3.63) is 46.6 Å². The van der Waals surface area contributed by atoms with Crippen molar-refractivity contribution in [1.29, 1.82) is 0 Å². The Morgan fingerprint density at radius 1 is 1.28 bits per heavy atom. The van der Waals surface area contributed by atoms with Crippen molar-refractivity contribution < 1.29 is 4.79 Å². The number of carbonyl (C=O) groups excluding carboxylic acids is 1. The van der Waals surface area contributed by atoms with E-state index in [1.54, 1.807) is 11.6 Å². The summed E-state index contributed by atoms with van der Waals surface area (Å²) in [5.74, 6) is 1.38. The van der Waals surface area contributed by atoms with E-state index in [2.05, 4.69) is 18.9 Å². The van der Waals surface area contributed by atoms with Gasteiger partial charge in [-0.05, 0) is 30.9 Å². The minimum atomic E-state index is -0.146. The first-order valence-corrected chi connectivity index (χ1v) is 8.96. The smallest absolute Gasteiger partial charge is 0.342 e. The van der Waals surface area contributed by atoms with Crippen molar-refractivity contribution in [2.75, 3.05) is 13.1 Å². The van der Waals surface area contributed by atoms with E-state index in [-0.39, 0.29) is 17.5 Å². The summed E-state index contributed by atoms with van der Waals surface area (Å²) in [4.78, 5) is 27.0. The first-order valence-electron chi connectivity index (χ1n) is 8.96. The molecule has 25 heavy (non-hydrogen) atoms. The highest BCUT2D eigenvalue weighted by Gasteiger charge is 2.29. The highest BCUT2D eigenvalue weighted by Crippen LogP contribution is 2.27. The van der Waals surface area contributed by atoms with Gasteiger partial charge in [0.15, 0.2) is 0 Å². The zero-order valence-electron chi connectivity index (χ0n) is 15.2. The summed E-state index contributed by atoms with van der Waals surface area (Å²) in [5.41, 5.74) is 0.674. The van der Waals surface area contributed by atoms with Gasteiger partial charge in [0.1, 0.15) is 5.82 Å². The number of likely N-dealkylation sites (tertiary alicyclic amines) is 1. The van der Waals surface area contributed by atoms with E-state index < -0.39 is 0 Å². The second-order valence-corrected chi connectivity index (χ2v) is 7.21. The fourth-order valence-corrected chi connectivity index (χ4v) is 3.46. The van der Waals surface area contributed by atoms with Gasteiger partial charge in [-0.2, -0.15) is 5.10 Å². The van der Waals surface area contributed by atoms with Gasteiger partial charge in [-0.3, -0.25) is 4.79 Å². The lowest BCUT2D eigenvalue weighted by Gasteiger charge is -2.32. The monoisotopic (exact) mass is 342 g/mol. The van der Waals surface area contributed by atoms with Gasteiger partial charge < -0.3 is 4.90 Å². The van der Waals surface area contributed by atoms with E-state index in [0.29, 0.717) is 18.9 Å². The molecular weight excluding hydrogens is 316 g/mol. The average molecular weight is 342 g/mol. The van der Waals surface area contributed by atoms with Crippen LogP contribution in [0.1, 0.15) is 44.9 Å². The van der Waals surface area contributed by atoms with E-state index in [1.165, 1.54) is 4.68 Å². The second-order valence-electron chi connectivity index (χ2n) is 7.21. The number of aryl methyl sites for hydroxylation is 1. The Morgan fingerprint density at radius 3 is 2.68 bits per heavy atom. The molecular formula is C19H26N4O2. The predicted octanol–water partition coefficient (Wildman–Crippen LogP) is 2.32. The van der Waals surface area contributed by atoms with Gasteiger partial charge in [-0.25, -0.2) is 14.0 Å². The number of amides is 1. The van der Waals surface area contributed by atoms with Gasteiger partial charge >= 0.3 is 5.69 Å². The summed E-state index contributed by atoms with van der Waals surface area (Å²) in [5, 5.41) is 4.49. The number of hydrogen-bond acceptors (Lipinski definition) is 3. The predicted molar refractivity (Wildman–Crippen MR) is 96.8 cm³/mol. The Kier molecular flexibility index (Phi) is 5.06. The van der Waals surface area contributed by atoms with Crippen molar-refractivity contribution >= 4 is 5.91 Å². The number of hydrogen-bond donors (Lipinski definition) is 0. The normalized spacial score (nSPS) is 17.9. The van der Waals surface area contributed by atoms with Gasteiger partial charge in [0.25, 0.3) is 0 Å². The highest BCUT2D eigenvalue weighted by molar-refractivity contribution is 5.76. The number of piperidine rings is 1. The number of rotatable bonds is 4. The molecule has 6 heteroatoms. The summed E-state index contributed by atoms with van der Waals surface area (Å²) in [6.45, 7) is 5.55. The molecule has 1 aromatic carbocycles. The number of carbonyl (C=O) groups is 1. The first kappa shape index (κ1) is 17.5. The molecule has 1 fully saturated rings. The van der Waals surface area contributed by atoms with Gasteiger partial charge in [-0.15, -0.1) is 0 Å². The zero-order chi connectivity index (χ0) is 18.0. The molecule has 1 atom stereocenters. The summed E-state index contributed by atoms with van der Waals surface area (Å²) < 4.78 is 3.07. The maximum absolute atomic E-state index is 12.6. The Hall–Kier alpha value is -2.37. The van der Waals surface area contributed by atoms with Crippen LogP contribution < -0.4 is 5.69 Å². The quantitative estimate of drug-likeness (QED) is 0.857. The molecule has 1 saturated heterocycles. The van der Waals surface area contributed by atoms with Crippen molar-refractivity contribution in [3.8, 4) is 5.69 Å². The molecule has 3 rings (SSSR count). The molecule has 6 nitrogen and oxygen atoms in total. The summed E-state index contributed by atoms with van der Waals surface area (Å²) in [7, 11) is 1.68. The van der Waals surface area contributed by atoms with E-state index >= 15 is 0 Å². The van der Waals surface area contributed by atoms with Crippen LogP contribution in [-0.4, -0.2) is 38.2 Å².